The van der Waals surface area contributed by atoms with Crippen LogP contribution in [-0.4, -0.2) is 17.6 Å². The average Bonchev–Trinajstić information content (AvgIpc) is 2.45. The molecule has 1 aliphatic rings. The molecule has 0 fully saturated rings. The summed E-state index contributed by atoms with van der Waals surface area (Å²) in [6.45, 7) is 2.87. The lowest BCUT2D eigenvalue weighted by Crippen LogP contribution is -2.26. The SMILES string of the molecule is Cc1ccc2c(c1)CCCN2c1cc(Cl)ccc1C(=O)O. The number of aromatic carboxylic acids is 1. The lowest BCUT2D eigenvalue weighted by atomic mass is 9.98. The lowest BCUT2D eigenvalue weighted by molar-refractivity contribution is 0.0697. The highest BCUT2D eigenvalue weighted by Gasteiger charge is 2.22. The highest BCUT2D eigenvalue weighted by Crippen LogP contribution is 2.37. The van der Waals surface area contributed by atoms with Gasteiger partial charge in [0.05, 0.1) is 11.3 Å². The Balaban J connectivity index is 2.15. The molecule has 2 aromatic carbocycles. The second kappa shape index (κ2) is 5.41. The first-order valence-electron chi connectivity index (χ1n) is 6.96. The highest BCUT2D eigenvalue weighted by molar-refractivity contribution is 6.31. The Kier molecular flexibility index (Phi) is 3.60. The molecule has 0 amide bonds. The minimum absolute atomic E-state index is 0.285. The topological polar surface area (TPSA) is 40.5 Å². The Morgan fingerprint density at radius 1 is 1.19 bits per heavy atom. The number of carbonyl (C=O) groups is 1. The third-order valence-corrected chi connectivity index (χ3v) is 4.07. The van der Waals surface area contributed by atoms with Crippen LogP contribution in [0.1, 0.15) is 27.9 Å². The van der Waals surface area contributed by atoms with Crippen LogP contribution in [0.2, 0.25) is 5.02 Å². The maximum Gasteiger partial charge on any atom is 0.337 e. The third kappa shape index (κ3) is 2.61. The van der Waals surface area contributed by atoms with E-state index in [-0.39, 0.29) is 5.56 Å². The number of fused-ring (bicyclic) bond motifs is 1. The Morgan fingerprint density at radius 2 is 2.00 bits per heavy atom. The second-order valence-electron chi connectivity index (χ2n) is 5.35. The van der Waals surface area contributed by atoms with Crippen LogP contribution in [0.25, 0.3) is 0 Å². The Morgan fingerprint density at radius 3 is 2.76 bits per heavy atom. The first kappa shape index (κ1) is 14.0. The predicted octanol–water partition coefficient (Wildman–Crippen LogP) is 4.43. The number of aryl methyl sites for hydroxylation is 2. The van der Waals surface area contributed by atoms with Gasteiger partial charge in [0.25, 0.3) is 0 Å². The van der Waals surface area contributed by atoms with Crippen LogP contribution in [0.3, 0.4) is 0 Å². The normalized spacial score (nSPS) is 13.9. The standard InChI is InChI=1S/C17H16ClNO2/c1-11-4-7-15-12(9-11)3-2-8-19(15)16-10-13(18)5-6-14(16)17(20)21/h4-7,9-10H,2-3,8H2,1H3,(H,20,21). The van der Waals surface area contributed by atoms with Crippen molar-refractivity contribution in [3.8, 4) is 0 Å². The molecule has 0 bridgehead atoms. The van der Waals surface area contributed by atoms with E-state index < -0.39 is 5.97 Å². The van der Waals surface area contributed by atoms with E-state index in [0.717, 1.165) is 25.1 Å². The maximum atomic E-state index is 11.5. The van der Waals surface area contributed by atoms with E-state index in [2.05, 4.69) is 30.0 Å². The molecule has 2 aromatic rings. The van der Waals surface area contributed by atoms with Crippen molar-refractivity contribution in [2.24, 2.45) is 0 Å². The van der Waals surface area contributed by atoms with Gasteiger partial charge in [-0.3, -0.25) is 0 Å². The molecule has 108 valence electrons. The van der Waals surface area contributed by atoms with Gasteiger partial charge in [-0.2, -0.15) is 0 Å². The fourth-order valence-corrected chi connectivity index (χ4v) is 3.05. The van der Waals surface area contributed by atoms with Crippen molar-refractivity contribution in [2.75, 3.05) is 11.4 Å². The molecule has 0 saturated heterocycles. The van der Waals surface area contributed by atoms with Crippen molar-refractivity contribution in [2.45, 2.75) is 19.8 Å². The fourth-order valence-electron chi connectivity index (χ4n) is 2.89. The van der Waals surface area contributed by atoms with Gasteiger partial charge in [-0.05, 0) is 49.6 Å². The van der Waals surface area contributed by atoms with Gasteiger partial charge >= 0.3 is 5.97 Å². The van der Waals surface area contributed by atoms with Crippen molar-refractivity contribution in [3.05, 3.63) is 58.1 Å². The fraction of sp³-hybridized carbons (Fsp3) is 0.235. The average molecular weight is 302 g/mol. The van der Waals surface area contributed by atoms with E-state index in [9.17, 15) is 9.90 Å². The number of carboxylic acids is 1. The molecule has 3 nitrogen and oxygen atoms in total. The first-order chi connectivity index (χ1) is 10.1. The third-order valence-electron chi connectivity index (χ3n) is 3.83. The van der Waals surface area contributed by atoms with Gasteiger partial charge in [0.15, 0.2) is 0 Å². The van der Waals surface area contributed by atoms with Gasteiger partial charge in [0.1, 0.15) is 0 Å². The minimum Gasteiger partial charge on any atom is -0.478 e. The van der Waals surface area contributed by atoms with Gasteiger partial charge in [-0.25, -0.2) is 4.79 Å². The Hall–Kier alpha value is -2.00. The van der Waals surface area contributed by atoms with Gasteiger partial charge in [-0.15, -0.1) is 0 Å². The van der Waals surface area contributed by atoms with Crippen molar-refractivity contribution >= 4 is 28.9 Å². The Labute approximate surface area is 128 Å². The first-order valence-corrected chi connectivity index (χ1v) is 7.34. The summed E-state index contributed by atoms with van der Waals surface area (Å²) < 4.78 is 0. The molecule has 1 N–H and O–H groups in total. The van der Waals surface area contributed by atoms with E-state index >= 15 is 0 Å². The molecule has 1 aliphatic heterocycles. The number of benzene rings is 2. The zero-order valence-corrected chi connectivity index (χ0v) is 12.5. The number of hydrogen-bond acceptors (Lipinski definition) is 2. The molecule has 4 heteroatoms. The highest BCUT2D eigenvalue weighted by atomic mass is 35.5. The summed E-state index contributed by atoms with van der Waals surface area (Å²) in [5.74, 6) is -0.930. The molecular weight excluding hydrogens is 286 g/mol. The summed E-state index contributed by atoms with van der Waals surface area (Å²) in [7, 11) is 0. The number of carboxylic acid groups (broad SMARTS) is 1. The monoisotopic (exact) mass is 301 g/mol. The van der Waals surface area contributed by atoms with Crippen LogP contribution in [-0.2, 0) is 6.42 Å². The molecule has 0 atom stereocenters. The van der Waals surface area contributed by atoms with E-state index in [0.29, 0.717) is 10.7 Å². The molecule has 0 saturated carbocycles. The molecule has 0 radical (unpaired) electrons. The van der Waals surface area contributed by atoms with Crippen LogP contribution in [0.15, 0.2) is 36.4 Å². The van der Waals surface area contributed by atoms with E-state index in [1.807, 2.05) is 0 Å². The van der Waals surface area contributed by atoms with Crippen molar-refractivity contribution in [1.82, 2.24) is 0 Å². The zero-order chi connectivity index (χ0) is 15.0. The van der Waals surface area contributed by atoms with Crippen molar-refractivity contribution < 1.29 is 9.90 Å². The van der Waals surface area contributed by atoms with Crippen LogP contribution < -0.4 is 4.90 Å². The molecule has 3 rings (SSSR count). The van der Waals surface area contributed by atoms with Crippen molar-refractivity contribution in [1.29, 1.82) is 0 Å². The number of anilines is 2. The molecule has 0 spiro atoms. The quantitative estimate of drug-likeness (QED) is 0.892. The van der Waals surface area contributed by atoms with E-state index in [1.54, 1.807) is 18.2 Å². The number of hydrogen-bond donors (Lipinski definition) is 1. The molecule has 0 aromatic heterocycles. The molecule has 21 heavy (non-hydrogen) atoms. The van der Waals surface area contributed by atoms with Gasteiger partial charge in [-0.1, -0.05) is 29.3 Å². The zero-order valence-electron chi connectivity index (χ0n) is 11.8. The van der Waals surface area contributed by atoms with Crippen LogP contribution in [0.4, 0.5) is 11.4 Å². The number of halogens is 1. The summed E-state index contributed by atoms with van der Waals surface area (Å²) in [4.78, 5) is 13.5. The van der Waals surface area contributed by atoms with E-state index in [4.69, 9.17) is 11.6 Å². The summed E-state index contributed by atoms with van der Waals surface area (Å²) >= 11 is 6.07. The van der Waals surface area contributed by atoms with Gasteiger partial charge < -0.3 is 10.0 Å². The summed E-state index contributed by atoms with van der Waals surface area (Å²) in [6, 6.07) is 11.2. The Bertz CT molecular complexity index is 712. The van der Waals surface area contributed by atoms with Crippen molar-refractivity contribution in [3.63, 3.8) is 0 Å². The predicted molar refractivity (Wildman–Crippen MR) is 84.9 cm³/mol. The minimum atomic E-state index is -0.930. The molecule has 0 unspecified atom stereocenters. The molecule has 1 heterocycles. The molecular formula is C17H16ClNO2. The number of nitrogens with zero attached hydrogens (tertiary/aromatic N) is 1. The smallest absolute Gasteiger partial charge is 0.337 e. The van der Waals surface area contributed by atoms with Gasteiger partial charge in [0.2, 0.25) is 0 Å². The number of rotatable bonds is 2. The van der Waals surface area contributed by atoms with Crippen LogP contribution in [0.5, 0.6) is 0 Å². The summed E-state index contributed by atoms with van der Waals surface area (Å²) in [5, 5.41) is 9.96. The summed E-state index contributed by atoms with van der Waals surface area (Å²) in [5.41, 5.74) is 4.52. The largest absolute Gasteiger partial charge is 0.478 e. The van der Waals surface area contributed by atoms with Crippen LogP contribution >= 0.6 is 11.6 Å². The van der Waals surface area contributed by atoms with Gasteiger partial charge in [0, 0.05) is 17.3 Å². The maximum absolute atomic E-state index is 11.5. The summed E-state index contributed by atoms with van der Waals surface area (Å²) in [6.07, 6.45) is 2.03. The molecule has 0 aliphatic carbocycles. The van der Waals surface area contributed by atoms with Crippen LogP contribution in [0, 0.1) is 6.92 Å². The van der Waals surface area contributed by atoms with E-state index in [1.165, 1.54) is 11.1 Å². The lowest BCUT2D eigenvalue weighted by Gasteiger charge is -2.32. The second-order valence-corrected chi connectivity index (χ2v) is 5.79.